The second-order valence-electron chi connectivity index (χ2n) is 8.06. The van der Waals surface area contributed by atoms with Crippen molar-refractivity contribution in [3.63, 3.8) is 0 Å². The second kappa shape index (κ2) is 7.53. The molecule has 6 nitrogen and oxygen atoms in total. The summed E-state index contributed by atoms with van der Waals surface area (Å²) < 4.78 is 15.9. The quantitative estimate of drug-likeness (QED) is 0.480. The largest absolute Gasteiger partial charge is 0.298 e. The first-order chi connectivity index (χ1) is 14.9. The third-order valence-corrected chi connectivity index (χ3v) is 6.50. The van der Waals surface area contributed by atoms with Crippen molar-refractivity contribution in [1.29, 1.82) is 0 Å². The highest BCUT2D eigenvalue weighted by atomic mass is 32.1. The van der Waals surface area contributed by atoms with Crippen molar-refractivity contribution in [2.24, 2.45) is 0 Å². The van der Waals surface area contributed by atoms with Crippen molar-refractivity contribution >= 4 is 28.0 Å². The molecule has 0 radical (unpaired) electrons. The predicted molar refractivity (Wildman–Crippen MR) is 118 cm³/mol. The molecule has 1 N–H and O–H groups in total. The SMILES string of the molecule is Cc1cc(C)n2nc(C)c(C(=O)Nc3nc(C4CC4)c(Cc4ccccc4F)s3)c2n1. The Morgan fingerprint density at radius 1 is 1.23 bits per heavy atom. The first-order valence-electron chi connectivity index (χ1n) is 10.3. The third kappa shape index (κ3) is 3.72. The molecule has 1 aliphatic rings. The summed E-state index contributed by atoms with van der Waals surface area (Å²) in [4.78, 5) is 23.4. The van der Waals surface area contributed by atoms with Crippen LogP contribution in [0.4, 0.5) is 9.52 Å². The average molecular weight is 436 g/mol. The molecule has 3 aromatic heterocycles. The van der Waals surface area contributed by atoms with Gasteiger partial charge in [0.25, 0.3) is 5.91 Å². The molecule has 0 bridgehead atoms. The molecule has 8 heteroatoms. The number of hydrogen-bond donors (Lipinski definition) is 1. The molecular formula is C23H22FN5OS. The van der Waals surface area contributed by atoms with Crippen LogP contribution in [0.3, 0.4) is 0 Å². The number of anilines is 1. The third-order valence-electron chi connectivity index (χ3n) is 5.52. The molecule has 158 valence electrons. The number of thiazole rings is 1. The molecular weight excluding hydrogens is 413 g/mol. The van der Waals surface area contributed by atoms with Gasteiger partial charge in [-0.2, -0.15) is 5.10 Å². The van der Waals surface area contributed by atoms with E-state index in [0.29, 0.717) is 39.9 Å². The fraction of sp³-hybridized carbons (Fsp3) is 0.304. The lowest BCUT2D eigenvalue weighted by molar-refractivity contribution is 0.102. The van der Waals surface area contributed by atoms with Gasteiger partial charge in [-0.25, -0.2) is 18.9 Å². The van der Waals surface area contributed by atoms with Crippen LogP contribution in [0.1, 0.15) is 62.3 Å². The summed E-state index contributed by atoms with van der Waals surface area (Å²) in [7, 11) is 0. The van der Waals surface area contributed by atoms with Gasteiger partial charge in [0, 0.05) is 28.6 Å². The van der Waals surface area contributed by atoms with E-state index in [9.17, 15) is 9.18 Å². The van der Waals surface area contributed by atoms with Crippen molar-refractivity contribution in [3.05, 3.63) is 74.9 Å². The Kier molecular flexibility index (Phi) is 4.81. The maximum absolute atomic E-state index is 14.2. The topological polar surface area (TPSA) is 72.2 Å². The Labute approximate surface area is 183 Å². The normalized spacial score (nSPS) is 13.7. The molecule has 1 saturated carbocycles. The van der Waals surface area contributed by atoms with E-state index in [2.05, 4.69) is 15.4 Å². The number of carbonyl (C=O) groups excluding carboxylic acids is 1. The summed E-state index contributed by atoms with van der Waals surface area (Å²) in [5.41, 5.74) is 4.97. The first kappa shape index (κ1) is 19.8. The van der Waals surface area contributed by atoms with E-state index in [1.165, 1.54) is 17.4 Å². The van der Waals surface area contributed by atoms with Gasteiger partial charge in [0.05, 0.1) is 11.4 Å². The summed E-state index contributed by atoms with van der Waals surface area (Å²) in [6.07, 6.45) is 2.63. The van der Waals surface area contributed by atoms with Gasteiger partial charge >= 0.3 is 0 Å². The number of hydrogen-bond acceptors (Lipinski definition) is 5. The number of benzene rings is 1. The highest BCUT2D eigenvalue weighted by molar-refractivity contribution is 7.16. The van der Waals surface area contributed by atoms with Crippen molar-refractivity contribution in [2.75, 3.05) is 5.32 Å². The van der Waals surface area contributed by atoms with Crippen LogP contribution in [0.5, 0.6) is 0 Å². The maximum atomic E-state index is 14.2. The summed E-state index contributed by atoms with van der Waals surface area (Å²) >= 11 is 1.42. The molecule has 5 rings (SSSR count). The monoisotopic (exact) mass is 435 g/mol. The minimum atomic E-state index is -0.279. The number of carbonyl (C=O) groups is 1. The lowest BCUT2D eigenvalue weighted by Crippen LogP contribution is -2.13. The van der Waals surface area contributed by atoms with Crippen molar-refractivity contribution in [1.82, 2.24) is 19.6 Å². The smallest absolute Gasteiger partial charge is 0.263 e. The van der Waals surface area contributed by atoms with E-state index in [-0.39, 0.29) is 11.7 Å². The van der Waals surface area contributed by atoms with Crippen LogP contribution in [0, 0.1) is 26.6 Å². The first-order valence-corrected chi connectivity index (χ1v) is 11.1. The van der Waals surface area contributed by atoms with Gasteiger partial charge in [-0.1, -0.05) is 18.2 Å². The van der Waals surface area contributed by atoms with Gasteiger partial charge in [-0.15, -0.1) is 11.3 Å². The zero-order valence-electron chi connectivity index (χ0n) is 17.6. The van der Waals surface area contributed by atoms with Gasteiger partial charge in [-0.05, 0) is 51.3 Å². The molecule has 0 spiro atoms. The number of fused-ring (bicyclic) bond motifs is 1. The van der Waals surface area contributed by atoms with Crippen LogP contribution >= 0.6 is 11.3 Å². The summed E-state index contributed by atoms with van der Waals surface area (Å²) in [5, 5.41) is 7.95. The van der Waals surface area contributed by atoms with E-state index in [1.54, 1.807) is 23.6 Å². The maximum Gasteiger partial charge on any atom is 0.263 e. The molecule has 1 amide bonds. The van der Waals surface area contributed by atoms with Gasteiger partial charge < -0.3 is 0 Å². The average Bonchev–Trinajstić information content (AvgIpc) is 3.40. The minimum Gasteiger partial charge on any atom is -0.298 e. The molecule has 1 aliphatic carbocycles. The van der Waals surface area contributed by atoms with Crippen LogP contribution in [0.15, 0.2) is 30.3 Å². The van der Waals surface area contributed by atoms with Crippen LogP contribution in [0.2, 0.25) is 0 Å². The zero-order chi connectivity index (χ0) is 21.7. The van der Waals surface area contributed by atoms with E-state index >= 15 is 0 Å². The number of nitrogens with zero attached hydrogens (tertiary/aromatic N) is 4. The lowest BCUT2D eigenvalue weighted by atomic mass is 10.1. The molecule has 3 heterocycles. The number of halogens is 1. The van der Waals surface area contributed by atoms with Crippen LogP contribution in [-0.2, 0) is 6.42 Å². The number of aromatic nitrogens is 4. The summed E-state index contributed by atoms with van der Waals surface area (Å²) in [6.45, 7) is 5.64. The van der Waals surface area contributed by atoms with E-state index in [0.717, 1.165) is 34.8 Å². The Hall–Kier alpha value is -3.13. The molecule has 4 aromatic rings. The fourth-order valence-corrected chi connectivity index (χ4v) is 4.95. The van der Waals surface area contributed by atoms with Crippen LogP contribution in [-0.4, -0.2) is 25.5 Å². The van der Waals surface area contributed by atoms with Crippen molar-refractivity contribution in [3.8, 4) is 0 Å². The number of nitrogens with one attached hydrogen (secondary N) is 1. The summed E-state index contributed by atoms with van der Waals surface area (Å²) in [5.74, 6) is -0.102. The molecule has 31 heavy (non-hydrogen) atoms. The van der Waals surface area contributed by atoms with Gasteiger partial charge in [0.15, 0.2) is 10.8 Å². The van der Waals surface area contributed by atoms with E-state index in [1.807, 2.05) is 26.0 Å². The van der Waals surface area contributed by atoms with Crippen LogP contribution < -0.4 is 5.32 Å². The minimum absolute atomic E-state index is 0.220. The number of rotatable bonds is 5. The number of amides is 1. The Morgan fingerprint density at radius 2 is 2.00 bits per heavy atom. The molecule has 0 saturated heterocycles. The molecule has 0 unspecified atom stereocenters. The summed E-state index contributed by atoms with van der Waals surface area (Å²) in [6, 6.07) is 8.72. The molecule has 1 fully saturated rings. The van der Waals surface area contributed by atoms with E-state index in [4.69, 9.17) is 4.98 Å². The predicted octanol–water partition coefficient (Wildman–Crippen LogP) is 4.97. The standard InChI is InChI=1S/C23H22FN5OS/c1-12-10-13(2)29-21(25-12)19(14(3)28-29)22(30)27-23-26-20(15-8-9-15)18(31-23)11-16-6-4-5-7-17(16)24/h4-7,10,15H,8-9,11H2,1-3H3,(H,26,27,30). The molecule has 1 aromatic carbocycles. The van der Waals surface area contributed by atoms with Gasteiger partial charge in [-0.3, -0.25) is 10.1 Å². The highest BCUT2D eigenvalue weighted by Gasteiger charge is 2.30. The Balaban J connectivity index is 1.47. The van der Waals surface area contributed by atoms with E-state index < -0.39 is 0 Å². The Bertz CT molecular complexity index is 1320. The van der Waals surface area contributed by atoms with Gasteiger partial charge in [0.2, 0.25) is 0 Å². The van der Waals surface area contributed by atoms with Crippen molar-refractivity contribution < 1.29 is 9.18 Å². The Morgan fingerprint density at radius 3 is 2.74 bits per heavy atom. The van der Waals surface area contributed by atoms with Crippen LogP contribution in [0.25, 0.3) is 5.65 Å². The molecule has 0 aliphatic heterocycles. The van der Waals surface area contributed by atoms with Crippen molar-refractivity contribution in [2.45, 2.75) is 46.0 Å². The zero-order valence-corrected chi connectivity index (χ0v) is 18.4. The second-order valence-corrected chi connectivity index (χ2v) is 9.14. The number of aryl methyl sites for hydroxylation is 3. The highest BCUT2D eigenvalue weighted by Crippen LogP contribution is 2.44. The fourth-order valence-electron chi connectivity index (χ4n) is 3.89. The molecule has 0 atom stereocenters. The lowest BCUT2D eigenvalue weighted by Gasteiger charge is -2.03. The van der Waals surface area contributed by atoms with Gasteiger partial charge in [0.1, 0.15) is 11.4 Å².